The van der Waals surface area contributed by atoms with Crippen molar-refractivity contribution in [2.24, 2.45) is 5.92 Å². The Morgan fingerprint density at radius 1 is 1.00 bits per heavy atom. The predicted molar refractivity (Wildman–Crippen MR) is 183 cm³/mol. The van der Waals surface area contributed by atoms with E-state index in [9.17, 15) is 19.5 Å². The van der Waals surface area contributed by atoms with Gasteiger partial charge in [0.1, 0.15) is 17.6 Å². The van der Waals surface area contributed by atoms with Crippen LogP contribution in [0.4, 0.5) is 26.7 Å². The molecule has 11 nitrogen and oxygen atoms in total. The van der Waals surface area contributed by atoms with Crippen LogP contribution >= 0.6 is 0 Å². The number of urea groups is 2. The van der Waals surface area contributed by atoms with Crippen molar-refractivity contribution in [1.82, 2.24) is 9.80 Å². The van der Waals surface area contributed by atoms with Crippen LogP contribution < -0.4 is 25.4 Å². The number of amides is 5. The molecule has 0 fully saturated rings. The Morgan fingerprint density at radius 3 is 2.45 bits per heavy atom. The van der Waals surface area contributed by atoms with Crippen molar-refractivity contribution < 1.29 is 29.0 Å². The summed E-state index contributed by atoms with van der Waals surface area (Å²) in [5, 5.41) is 20.5. The number of likely N-dealkylation sites (N-methyl/N-ethyl adjacent to an activating group) is 1. The second kappa shape index (κ2) is 14.9. The molecule has 1 heterocycles. The fourth-order valence-electron chi connectivity index (χ4n) is 5.59. The summed E-state index contributed by atoms with van der Waals surface area (Å²) >= 11 is 0. The van der Waals surface area contributed by atoms with Crippen molar-refractivity contribution in [3.8, 4) is 11.5 Å². The molecule has 0 aliphatic carbocycles. The van der Waals surface area contributed by atoms with E-state index in [0.29, 0.717) is 40.7 Å². The van der Waals surface area contributed by atoms with Gasteiger partial charge in [0, 0.05) is 41.8 Å². The molecule has 1 aliphatic heterocycles. The third-order valence-corrected chi connectivity index (χ3v) is 8.35. The minimum Gasteiger partial charge on any atom is -0.497 e. The molecule has 11 heteroatoms. The summed E-state index contributed by atoms with van der Waals surface area (Å²) < 4.78 is 11.7. The van der Waals surface area contributed by atoms with E-state index in [-0.39, 0.29) is 37.4 Å². The van der Waals surface area contributed by atoms with Gasteiger partial charge in [0.25, 0.3) is 0 Å². The average Bonchev–Trinajstić information content (AvgIpc) is 3.11. The first-order chi connectivity index (χ1) is 22.6. The first kappa shape index (κ1) is 33.1. The highest BCUT2D eigenvalue weighted by Crippen LogP contribution is 2.30. The van der Waals surface area contributed by atoms with Gasteiger partial charge in [0.15, 0.2) is 0 Å². The third-order valence-electron chi connectivity index (χ3n) is 8.35. The highest BCUT2D eigenvalue weighted by atomic mass is 16.5. The van der Waals surface area contributed by atoms with Crippen molar-refractivity contribution in [2.75, 3.05) is 49.8 Å². The van der Waals surface area contributed by atoms with Gasteiger partial charge in [-0.1, -0.05) is 43.3 Å². The second-order valence-electron chi connectivity index (χ2n) is 11.9. The molecule has 0 saturated carbocycles. The lowest BCUT2D eigenvalue weighted by Gasteiger charge is -2.34. The van der Waals surface area contributed by atoms with Gasteiger partial charge in [-0.25, -0.2) is 9.59 Å². The van der Waals surface area contributed by atoms with Gasteiger partial charge in [0.2, 0.25) is 5.91 Å². The number of aliphatic hydroxyl groups excluding tert-OH is 1. The van der Waals surface area contributed by atoms with Crippen molar-refractivity contribution in [1.29, 1.82) is 0 Å². The zero-order chi connectivity index (χ0) is 33.5. The molecular formula is C36H41N5O6. The number of carbonyl (C=O) groups is 3. The first-order valence-electron chi connectivity index (χ1n) is 15.6. The summed E-state index contributed by atoms with van der Waals surface area (Å²) in [6.07, 6.45) is -0.486. The number of benzene rings is 4. The highest BCUT2D eigenvalue weighted by molar-refractivity contribution is 6.01. The normalized spacial score (nSPS) is 16.9. The van der Waals surface area contributed by atoms with E-state index in [2.05, 4.69) is 16.0 Å². The van der Waals surface area contributed by atoms with Crippen LogP contribution in [-0.4, -0.2) is 78.9 Å². The van der Waals surface area contributed by atoms with Crippen molar-refractivity contribution in [2.45, 2.75) is 32.4 Å². The molecule has 0 radical (unpaired) electrons. The molecule has 47 heavy (non-hydrogen) atoms. The maximum atomic E-state index is 13.6. The topological polar surface area (TPSA) is 132 Å². The van der Waals surface area contributed by atoms with E-state index in [4.69, 9.17) is 9.47 Å². The standard InChI is InChI=1S/C36H41N5O6/c1-23-20-41(24(2)22-42)34(43)19-26-18-28(38-35(44)37-27-12-15-29(46-4)16-13-27)14-17-32(26)47-33(23)21-40(3)36(45)39-31-11-7-9-25-8-5-6-10-30(25)31/h5-18,23-24,33,42H,19-22H2,1-4H3,(H,39,45)(H2,37,38,44)/t23-,24+,33+/m1/s1. The van der Waals surface area contributed by atoms with Crippen LogP contribution in [0.2, 0.25) is 0 Å². The number of anilines is 3. The number of ether oxygens (including phenoxy) is 2. The van der Waals surface area contributed by atoms with E-state index in [1.165, 1.54) is 0 Å². The van der Waals surface area contributed by atoms with Gasteiger partial charge in [-0.2, -0.15) is 0 Å². The minimum absolute atomic E-state index is 0.00609. The Morgan fingerprint density at radius 2 is 1.70 bits per heavy atom. The number of methoxy groups -OCH3 is 1. The smallest absolute Gasteiger partial charge is 0.323 e. The lowest BCUT2D eigenvalue weighted by atomic mass is 10.0. The molecule has 5 rings (SSSR count). The Hall–Kier alpha value is -5.29. The summed E-state index contributed by atoms with van der Waals surface area (Å²) in [5.41, 5.74) is 2.35. The van der Waals surface area contributed by atoms with Gasteiger partial charge in [-0.15, -0.1) is 0 Å². The summed E-state index contributed by atoms with van der Waals surface area (Å²) in [7, 11) is 3.28. The van der Waals surface area contributed by atoms with Gasteiger partial charge in [-0.3, -0.25) is 4.79 Å². The molecule has 1 aliphatic rings. The molecule has 4 aromatic carbocycles. The first-order valence-corrected chi connectivity index (χ1v) is 15.6. The number of nitrogens with one attached hydrogen (secondary N) is 3. The lowest BCUT2D eigenvalue weighted by Crippen LogP contribution is -2.48. The van der Waals surface area contributed by atoms with Gasteiger partial charge < -0.3 is 40.3 Å². The van der Waals surface area contributed by atoms with Crippen LogP contribution in [0, 0.1) is 5.92 Å². The fourth-order valence-corrected chi connectivity index (χ4v) is 5.59. The number of aliphatic hydroxyl groups is 1. The molecular weight excluding hydrogens is 598 g/mol. The van der Waals surface area contributed by atoms with E-state index in [1.807, 2.05) is 49.4 Å². The monoisotopic (exact) mass is 639 g/mol. The van der Waals surface area contributed by atoms with Crippen molar-refractivity contribution in [3.05, 3.63) is 90.5 Å². The molecule has 3 atom stereocenters. The zero-order valence-electron chi connectivity index (χ0n) is 27.0. The molecule has 4 aromatic rings. The fraction of sp³-hybridized carbons (Fsp3) is 0.306. The summed E-state index contributed by atoms with van der Waals surface area (Å²) in [6, 6.07) is 24.5. The quantitative estimate of drug-likeness (QED) is 0.193. The maximum Gasteiger partial charge on any atom is 0.323 e. The van der Waals surface area contributed by atoms with E-state index in [1.54, 1.807) is 73.3 Å². The van der Waals surface area contributed by atoms with Crippen molar-refractivity contribution in [3.63, 3.8) is 0 Å². The molecule has 0 bridgehead atoms. The minimum atomic E-state index is -0.492. The predicted octanol–water partition coefficient (Wildman–Crippen LogP) is 5.81. The summed E-state index contributed by atoms with van der Waals surface area (Å²) in [4.78, 5) is 43.0. The SMILES string of the molecule is COc1ccc(NC(=O)Nc2ccc3c(c2)CC(=O)N([C@@H](C)CO)C[C@@H](C)[C@H](CN(C)C(=O)Nc2cccc4ccccc24)O3)cc1. The molecule has 5 amide bonds. The van der Waals surface area contributed by atoms with Gasteiger partial charge in [-0.05, 0) is 60.8 Å². The average molecular weight is 640 g/mol. The Kier molecular flexibility index (Phi) is 10.5. The van der Waals surface area contributed by atoms with Crippen LogP contribution in [-0.2, 0) is 11.2 Å². The Balaban J connectivity index is 1.35. The third kappa shape index (κ3) is 8.11. The van der Waals surface area contributed by atoms with Crippen LogP contribution in [0.25, 0.3) is 10.8 Å². The number of carbonyl (C=O) groups excluding carboxylic acids is 3. The van der Waals surface area contributed by atoms with Crippen LogP contribution in [0.15, 0.2) is 84.9 Å². The largest absolute Gasteiger partial charge is 0.497 e. The lowest BCUT2D eigenvalue weighted by molar-refractivity contribution is -0.134. The van der Waals surface area contributed by atoms with E-state index < -0.39 is 18.2 Å². The van der Waals surface area contributed by atoms with E-state index >= 15 is 0 Å². The Bertz CT molecular complexity index is 1720. The van der Waals surface area contributed by atoms with Crippen LogP contribution in [0.3, 0.4) is 0 Å². The summed E-state index contributed by atoms with van der Waals surface area (Å²) in [6.45, 7) is 4.13. The van der Waals surface area contributed by atoms with Crippen LogP contribution in [0.1, 0.15) is 19.4 Å². The van der Waals surface area contributed by atoms with E-state index in [0.717, 1.165) is 10.8 Å². The number of hydrogen-bond acceptors (Lipinski definition) is 6. The van der Waals surface area contributed by atoms with Gasteiger partial charge >= 0.3 is 12.1 Å². The van der Waals surface area contributed by atoms with Crippen molar-refractivity contribution >= 4 is 45.8 Å². The number of rotatable bonds is 8. The summed E-state index contributed by atoms with van der Waals surface area (Å²) in [5.74, 6) is 0.787. The molecule has 0 spiro atoms. The Labute approximate surface area is 274 Å². The van der Waals surface area contributed by atoms with Crippen LogP contribution in [0.5, 0.6) is 11.5 Å². The second-order valence-corrected chi connectivity index (χ2v) is 11.9. The molecule has 4 N–H and O–H groups in total. The molecule has 0 unspecified atom stereocenters. The number of nitrogens with zero attached hydrogens (tertiary/aromatic N) is 2. The number of fused-ring (bicyclic) bond motifs is 2. The number of hydrogen-bond donors (Lipinski definition) is 4. The maximum absolute atomic E-state index is 13.6. The molecule has 0 aromatic heterocycles. The van der Waals surface area contributed by atoms with Gasteiger partial charge in [0.05, 0.1) is 38.4 Å². The molecule has 246 valence electrons. The zero-order valence-corrected chi connectivity index (χ0v) is 27.0. The molecule has 0 saturated heterocycles. The highest BCUT2D eigenvalue weighted by Gasteiger charge is 2.32.